The summed E-state index contributed by atoms with van der Waals surface area (Å²) in [5.74, 6) is 1.50. The van der Waals surface area contributed by atoms with Gasteiger partial charge in [-0.3, -0.25) is 0 Å². The number of pyridine rings is 2. The van der Waals surface area contributed by atoms with Crippen molar-refractivity contribution in [2.45, 2.75) is 76.6 Å². The van der Waals surface area contributed by atoms with Gasteiger partial charge < -0.3 is 25.8 Å². The summed E-state index contributed by atoms with van der Waals surface area (Å²) in [6.45, 7) is 5.62. The lowest BCUT2D eigenvalue weighted by atomic mass is 9.82. The van der Waals surface area contributed by atoms with Crippen LogP contribution in [0.3, 0.4) is 0 Å². The summed E-state index contributed by atoms with van der Waals surface area (Å²) in [5, 5.41) is 30.5. The predicted molar refractivity (Wildman–Crippen MR) is 143 cm³/mol. The first-order valence-electron chi connectivity index (χ1n) is 12.9. The van der Waals surface area contributed by atoms with E-state index in [0.29, 0.717) is 42.7 Å². The molecule has 2 aromatic rings. The van der Waals surface area contributed by atoms with Crippen molar-refractivity contribution in [2.24, 2.45) is 5.41 Å². The molecule has 1 saturated carbocycles. The fraction of sp³-hybridized carbons (Fsp3) is 0.593. The lowest BCUT2D eigenvalue weighted by molar-refractivity contribution is 0.0455. The summed E-state index contributed by atoms with van der Waals surface area (Å²) < 4.78 is 5.43. The molecule has 0 radical (unpaired) electrons. The second-order valence-corrected chi connectivity index (χ2v) is 10.6. The Morgan fingerprint density at radius 1 is 1.17 bits per heavy atom. The van der Waals surface area contributed by atoms with E-state index in [9.17, 15) is 10.4 Å². The van der Waals surface area contributed by atoms with Gasteiger partial charge in [0.2, 0.25) is 0 Å². The first-order valence-corrected chi connectivity index (χ1v) is 13.3. The number of ether oxygens (including phenoxy) is 1. The maximum Gasteiger partial charge on any atom is 0.126 e. The standard InChI is InChI=1S/C27H37ClN6O2/c1-18(19(2)35)32-20-6-8-21(9-7-20)33-26-14-22(23(28)15-30-26)24-4-3-5-25(34-24)31-17-27(16-29)10-12-36-13-11-27/h3-5,14-15,18-21,32,35H,6-13,17H2,1-2H3,(H,30,33)(H,31,34). The summed E-state index contributed by atoms with van der Waals surface area (Å²) in [4.78, 5) is 9.28. The number of hydrogen-bond donors (Lipinski definition) is 4. The molecule has 0 amide bonds. The van der Waals surface area contributed by atoms with Crippen LogP contribution < -0.4 is 16.0 Å². The van der Waals surface area contributed by atoms with Crippen LogP contribution in [0.2, 0.25) is 5.02 Å². The Balaban J connectivity index is 1.38. The number of aliphatic hydroxyl groups is 1. The SMILES string of the molecule is CC(O)C(C)NC1CCC(Nc2cc(-c3cccc(NCC4(C#N)CCOCC4)n3)c(Cl)cn2)CC1. The van der Waals surface area contributed by atoms with Crippen molar-refractivity contribution >= 4 is 23.2 Å². The maximum absolute atomic E-state index is 9.75. The minimum Gasteiger partial charge on any atom is -0.392 e. The molecule has 2 aromatic heterocycles. The summed E-state index contributed by atoms with van der Waals surface area (Å²) in [6, 6.07) is 11.1. The first kappa shape index (κ1) is 26.6. The molecule has 2 fully saturated rings. The fourth-order valence-corrected chi connectivity index (χ4v) is 5.07. The van der Waals surface area contributed by atoms with Gasteiger partial charge >= 0.3 is 0 Å². The third kappa shape index (κ3) is 6.86. The minimum absolute atomic E-state index is 0.0971. The van der Waals surface area contributed by atoms with Crippen LogP contribution in [0.4, 0.5) is 11.6 Å². The predicted octanol–water partition coefficient (Wildman–Crippen LogP) is 4.61. The molecule has 194 valence electrons. The number of aliphatic hydroxyl groups excluding tert-OH is 1. The van der Waals surface area contributed by atoms with Gasteiger partial charge in [-0.15, -0.1) is 0 Å². The Morgan fingerprint density at radius 3 is 2.58 bits per heavy atom. The van der Waals surface area contributed by atoms with Gasteiger partial charge in [-0.1, -0.05) is 17.7 Å². The smallest absolute Gasteiger partial charge is 0.126 e. The molecule has 0 aromatic carbocycles. The minimum atomic E-state index is -0.426. The van der Waals surface area contributed by atoms with E-state index < -0.39 is 5.41 Å². The van der Waals surface area contributed by atoms with Gasteiger partial charge in [0.25, 0.3) is 0 Å². The van der Waals surface area contributed by atoms with E-state index in [2.05, 4.69) is 27.0 Å². The highest BCUT2D eigenvalue weighted by Crippen LogP contribution is 2.32. The number of halogens is 1. The molecule has 4 rings (SSSR count). The van der Waals surface area contributed by atoms with Crippen molar-refractivity contribution in [3.63, 3.8) is 0 Å². The van der Waals surface area contributed by atoms with E-state index in [0.717, 1.165) is 55.6 Å². The molecule has 4 N–H and O–H groups in total. The van der Waals surface area contributed by atoms with Crippen molar-refractivity contribution in [1.82, 2.24) is 15.3 Å². The zero-order valence-corrected chi connectivity index (χ0v) is 21.9. The van der Waals surface area contributed by atoms with Gasteiger partial charge in [0.1, 0.15) is 11.6 Å². The molecule has 0 bridgehead atoms. The van der Waals surface area contributed by atoms with Gasteiger partial charge in [-0.05, 0) is 70.6 Å². The zero-order chi connectivity index (χ0) is 25.5. The van der Waals surface area contributed by atoms with E-state index >= 15 is 0 Å². The number of rotatable bonds is 9. The molecule has 1 aliphatic carbocycles. The van der Waals surface area contributed by atoms with Gasteiger partial charge in [0, 0.05) is 49.6 Å². The van der Waals surface area contributed by atoms with Crippen molar-refractivity contribution in [3.8, 4) is 17.3 Å². The molecular formula is C27H37ClN6O2. The van der Waals surface area contributed by atoms with E-state index in [4.69, 9.17) is 21.3 Å². The van der Waals surface area contributed by atoms with Gasteiger partial charge in [0.15, 0.2) is 0 Å². The monoisotopic (exact) mass is 512 g/mol. The number of nitrogens with one attached hydrogen (secondary N) is 3. The topological polar surface area (TPSA) is 115 Å². The Hall–Kier alpha value is -2.44. The van der Waals surface area contributed by atoms with E-state index in [1.807, 2.05) is 38.1 Å². The largest absolute Gasteiger partial charge is 0.392 e. The Labute approximate surface area is 218 Å². The molecule has 2 unspecified atom stereocenters. The Kier molecular flexibility index (Phi) is 9.02. The summed E-state index contributed by atoms with van der Waals surface area (Å²) in [5.41, 5.74) is 1.15. The highest BCUT2D eigenvalue weighted by Gasteiger charge is 2.32. The quantitative estimate of drug-likeness (QED) is 0.385. The number of anilines is 2. The molecule has 9 heteroatoms. The lowest BCUT2D eigenvalue weighted by Gasteiger charge is -2.32. The van der Waals surface area contributed by atoms with Crippen LogP contribution in [0.15, 0.2) is 30.5 Å². The van der Waals surface area contributed by atoms with Crippen molar-refractivity contribution in [3.05, 3.63) is 35.5 Å². The third-order valence-corrected chi connectivity index (χ3v) is 7.78. The highest BCUT2D eigenvalue weighted by atomic mass is 35.5. The van der Waals surface area contributed by atoms with Crippen molar-refractivity contribution < 1.29 is 9.84 Å². The Morgan fingerprint density at radius 2 is 1.89 bits per heavy atom. The highest BCUT2D eigenvalue weighted by molar-refractivity contribution is 6.33. The van der Waals surface area contributed by atoms with E-state index in [-0.39, 0.29) is 12.1 Å². The molecule has 2 atom stereocenters. The number of aromatic nitrogens is 2. The molecule has 2 aliphatic rings. The number of nitriles is 1. The summed E-state index contributed by atoms with van der Waals surface area (Å²) in [6.07, 6.45) is 6.94. The Bertz CT molecular complexity index is 1040. The normalized spacial score (nSPS) is 23.3. The van der Waals surface area contributed by atoms with Crippen LogP contribution in [0.1, 0.15) is 52.4 Å². The van der Waals surface area contributed by atoms with Crippen LogP contribution in [0, 0.1) is 16.7 Å². The first-order chi connectivity index (χ1) is 17.4. The van der Waals surface area contributed by atoms with Gasteiger partial charge in [0.05, 0.1) is 28.3 Å². The van der Waals surface area contributed by atoms with Crippen LogP contribution in [0.25, 0.3) is 11.3 Å². The molecule has 8 nitrogen and oxygen atoms in total. The fourth-order valence-electron chi connectivity index (χ4n) is 4.87. The number of nitrogens with zero attached hydrogens (tertiary/aromatic N) is 3. The van der Waals surface area contributed by atoms with E-state index in [1.165, 1.54) is 0 Å². The van der Waals surface area contributed by atoms with Crippen molar-refractivity contribution in [1.29, 1.82) is 5.26 Å². The average molecular weight is 513 g/mol. The third-order valence-electron chi connectivity index (χ3n) is 7.48. The molecule has 0 spiro atoms. The second kappa shape index (κ2) is 12.2. The van der Waals surface area contributed by atoms with Crippen LogP contribution >= 0.6 is 11.6 Å². The van der Waals surface area contributed by atoms with Crippen LogP contribution in [-0.4, -0.2) is 59.1 Å². The second-order valence-electron chi connectivity index (χ2n) is 10.2. The summed E-state index contributed by atoms with van der Waals surface area (Å²) >= 11 is 6.53. The van der Waals surface area contributed by atoms with Crippen LogP contribution in [0.5, 0.6) is 0 Å². The molecule has 3 heterocycles. The van der Waals surface area contributed by atoms with Crippen molar-refractivity contribution in [2.75, 3.05) is 30.4 Å². The van der Waals surface area contributed by atoms with Gasteiger partial charge in [-0.25, -0.2) is 9.97 Å². The molecule has 1 saturated heterocycles. The average Bonchev–Trinajstić information content (AvgIpc) is 2.90. The zero-order valence-electron chi connectivity index (χ0n) is 21.1. The summed E-state index contributed by atoms with van der Waals surface area (Å²) in [7, 11) is 0. The van der Waals surface area contributed by atoms with E-state index in [1.54, 1.807) is 6.20 Å². The molecular weight excluding hydrogens is 476 g/mol. The maximum atomic E-state index is 9.75. The van der Waals surface area contributed by atoms with Gasteiger partial charge in [-0.2, -0.15) is 5.26 Å². The van der Waals surface area contributed by atoms with Crippen LogP contribution in [-0.2, 0) is 4.74 Å². The molecule has 36 heavy (non-hydrogen) atoms. The molecule has 1 aliphatic heterocycles. The number of hydrogen-bond acceptors (Lipinski definition) is 8. The lowest BCUT2D eigenvalue weighted by Crippen LogP contribution is -2.45.